The summed E-state index contributed by atoms with van der Waals surface area (Å²) in [5, 5.41) is 2.95. The molecule has 18 heavy (non-hydrogen) atoms. The number of amides is 1. The van der Waals surface area contributed by atoms with Crippen LogP contribution in [0.3, 0.4) is 0 Å². The maximum Gasteiger partial charge on any atom is 0.252 e. The first-order valence-corrected chi connectivity index (χ1v) is 6.59. The Bertz CT molecular complexity index is 421. The quantitative estimate of drug-likeness (QED) is 0.820. The molecule has 1 aromatic carbocycles. The molecule has 100 valence electrons. The summed E-state index contributed by atoms with van der Waals surface area (Å²) in [4.78, 5) is 12.2. The molecular weight excluding hydrogens is 296 g/mol. The van der Waals surface area contributed by atoms with Crippen LogP contribution in [0, 0.1) is 5.92 Å². The van der Waals surface area contributed by atoms with Gasteiger partial charge in [-0.3, -0.25) is 4.79 Å². The van der Waals surface area contributed by atoms with Gasteiger partial charge >= 0.3 is 0 Å². The number of hydrogen-bond donors (Lipinski definition) is 2. The SMILES string of the molecule is COCC(NC(=O)c1cc(N)ccc1Br)C(C)C. The fourth-order valence-corrected chi connectivity index (χ4v) is 1.97. The monoisotopic (exact) mass is 314 g/mol. The third kappa shape index (κ3) is 3.99. The van der Waals surface area contributed by atoms with Crippen molar-refractivity contribution in [1.29, 1.82) is 0 Å². The van der Waals surface area contributed by atoms with Crippen molar-refractivity contribution in [3.63, 3.8) is 0 Å². The Morgan fingerprint density at radius 1 is 1.50 bits per heavy atom. The highest BCUT2D eigenvalue weighted by atomic mass is 79.9. The maximum atomic E-state index is 12.2. The third-order valence-electron chi connectivity index (χ3n) is 2.70. The Labute approximate surface area is 116 Å². The second kappa shape index (κ2) is 6.75. The van der Waals surface area contributed by atoms with Crippen molar-refractivity contribution < 1.29 is 9.53 Å². The van der Waals surface area contributed by atoms with Crippen molar-refractivity contribution in [1.82, 2.24) is 5.32 Å². The standard InChI is InChI=1S/C13H19BrN2O2/c1-8(2)12(7-18-3)16-13(17)10-6-9(15)4-5-11(10)14/h4-6,8,12H,7,15H2,1-3H3,(H,16,17). The average molecular weight is 315 g/mol. The summed E-state index contributed by atoms with van der Waals surface area (Å²) in [7, 11) is 1.62. The van der Waals surface area contributed by atoms with Crippen LogP contribution in [0.25, 0.3) is 0 Å². The van der Waals surface area contributed by atoms with E-state index in [0.717, 1.165) is 4.47 Å². The first-order valence-electron chi connectivity index (χ1n) is 5.80. The number of carbonyl (C=O) groups excluding carboxylic acids is 1. The number of nitrogen functional groups attached to an aromatic ring is 1. The zero-order valence-electron chi connectivity index (χ0n) is 10.9. The molecule has 0 heterocycles. The molecule has 0 aliphatic rings. The molecule has 4 nitrogen and oxygen atoms in total. The van der Waals surface area contributed by atoms with Crippen molar-refractivity contribution in [3.8, 4) is 0 Å². The van der Waals surface area contributed by atoms with Gasteiger partial charge in [0.15, 0.2) is 0 Å². The number of ether oxygens (including phenoxy) is 1. The highest BCUT2D eigenvalue weighted by Crippen LogP contribution is 2.19. The highest BCUT2D eigenvalue weighted by molar-refractivity contribution is 9.10. The van der Waals surface area contributed by atoms with Crippen LogP contribution in [0.1, 0.15) is 24.2 Å². The topological polar surface area (TPSA) is 64.3 Å². The summed E-state index contributed by atoms with van der Waals surface area (Å²) in [5.74, 6) is 0.152. The van der Waals surface area contributed by atoms with Crippen LogP contribution in [-0.2, 0) is 4.74 Å². The van der Waals surface area contributed by atoms with E-state index >= 15 is 0 Å². The molecular formula is C13H19BrN2O2. The number of anilines is 1. The van der Waals surface area contributed by atoms with Gasteiger partial charge in [0, 0.05) is 17.3 Å². The number of halogens is 1. The van der Waals surface area contributed by atoms with Gasteiger partial charge in [0.25, 0.3) is 5.91 Å². The first-order chi connectivity index (χ1) is 8.45. The molecule has 0 saturated heterocycles. The Hall–Kier alpha value is -1.07. The molecule has 5 heteroatoms. The molecule has 0 aliphatic heterocycles. The Morgan fingerprint density at radius 2 is 2.17 bits per heavy atom. The van der Waals surface area contributed by atoms with Gasteiger partial charge in [-0.1, -0.05) is 13.8 Å². The lowest BCUT2D eigenvalue weighted by Crippen LogP contribution is -2.41. The molecule has 1 rings (SSSR count). The van der Waals surface area contributed by atoms with E-state index in [9.17, 15) is 4.79 Å². The van der Waals surface area contributed by atoms with Gasteiger partial charge in [-0.15, -0.1) is 0 Å². The number of nitrogens with one attached hydrogen (secondary N) is 1. The minimum absolute atomic E-state index is 0.0177. The molecule has 1 aromatic rings. The molecule has 0 radical (unpaired) electrons. The number of benzene rings is 1. The van der Waals surface area contributed by atoms with Crippen molar-refractivity contribution in [2.24, 2.45) is 5.92 Å². The van der Waals surface area contributed by atoms with Crippen LogP contribution in [0.15, 0.2) is 22.7 Å². The number of rotatable bonds is 5. The van der Waals surface area contributed by atoms with Crippen LogP contribution in [-0.4, -0.2) is 25.7 Å². The second-order valence-corrected chi connectivity index (χ2v) is 5.37. The molecule has 0 fully saturated rings. The Balaban J connectivity index is 2.83. The molecule has 3 N–H and O–H groups in total. The van der Waals surface area contributed by atoms with E-state index in [4.69, 9.17) is 10.5 Å². The van der Waals surface area contributed by atoms with Gasteiger partial charge in [-0.05, 0) is 40.0 Å². The molecule has 1 amide bonds. The molecule has 0 aliphatic carbocycles. The first kappa shape index (κ1) is 15.0. The van der Waals surface area contributed by atoms with Crippen molar-refractivity contribution in [2.75, 3.05) is 19.5 Å². The summed E-state index contributed by atoms with van der Waals surface area (Å²) < 4.78 is 5.84. The summed E-state index contributed by atoms with van der Waals surface area (Å²) in [6.07, 6.45) is 0. The molecule has 0 spiro atoms. The normalized spacial score (nSPS) is 12.5. The average Bonchev–Trinajstić information content (AvgIpc) is 2.31. The summed E-state index contributed by atoms with van der Waals surface area (Å²) in [6.45, 7) is 4.57. The summed E-state index contributed by atoms with van der Waals surface area (Å²) in [6, 6.07) is 5.15. The number of carbonyl (C=O) groups is 1. The molecule has 0 saturated carbocycles. The maximum absolute atomic E-state index is 12.2. The van der Waals surface area contributed by atoms with E-state index in [1.807, 2.05) is 13.8 Å². The van der Waals surface area contributed by atoms with E-state index in [1.54, 1.807) is 25.3 Å². The molecule has 0 aromatic heterocycles. The van der Waals surface area contributed by atoms with Crippen molar-refractivity contribution >= 4 is 27.5 Å². The van der Waals surface area contributed by atoms with Crippen LogP contribution in [0.2, 0.25) is 0 Å². The summed E-state index contributed by atoms with van der Waals surface area (Å²) in [5.41, 5.74) is 6.79. The van der Waals surface area contributed by atoms with Gasteiger partial charge in [-0.2, -0.15) is 0 Å². The molecule has 1 unspecified atom stereocenters. The van der Waals surface area contributed by atoms with Gasteiger partial charge in [0.1, 0.15) is 0 Å². The number of methoxy groups -OCH3 is 1. The Morgan fingerprint density at radius 3 is 2.72 bits per heavy atom. The number of nitrogens with two attached hydrogens (primary N) is 1. The minimum atomic E-state index is -0.148. The van der Waals surface area contributed by atoms with Crippen molar-refractivity contribution in [2.45, 2.75) is 19.9 Å². The highest BCUT2D eigenvalue weighted by Gasteiger charge is 2.18. The van der Waals surface area contributed by atoms with Gasteiger partial charge in [0.05, 0.1) is 18.2 Å². The van der Waals surface area contributed by atoms with E-state index in [1.165, 1.54) is 0 Å². The van der Waals surface area contributed by atoms with Crippen LogP contribution < -0.4 is 11.1 Å². The zero-order chi connectivity index (χ0) is 13.7. The second-order valence-electron chi connectivity index (χ2n) is 4.52. The predicted octanol–water partition coefficient (Wildman–Crippen LogP) is 2.43. The lowest BCUT2D eigenvalue weighted by molar-refractivity contribution is 0.0866. The Kier molecular flexibility index (Phi) is 5.62. The summed E-state index contributed by atoms with van der Waals surface area (Å²) >= 11 is 3.35. The van der Waals surface area contributed by atoms with Crippen LogP contribution in [0.4, 0.5) is 5.69 Å². The smallest absolute Gasteiger partial charge is 0.252 e. The van der Waals surface area contributed by atoms with E-state index in [0.29, 0.717) is 23.8 Å². The van der Waals surface area contributed by atoms with Gasteiger partial charge < -0.3 is 15.8 Å². The fourth-order valence-electron chi connectivity index (χ4n) is 1.54. The predicted molar refractivity (Wildman–Crippen MR) is 76.5 cm³/mol. The minimum Gasteiger partial charge on any atom is -0.399 e. The van der Waals surface area contributed by atoms with E-state index in [2.05, 4.69) is 21.2 Å². The van der Waals surface area contributed by atoms with E-state index < -0.39 is 0 Å². The van der Waals surface area contributed by atoms with Crippen LogP contribution in [0.5, 0.6) is 0 Å². The number of hydrogen-bond acceptors (Lipinski definition) is 3. The molecule has 0 bridgehead atoms. The largest absolute Gasteiger partial charge is 0.399 e. The van der Waals surface area contributed by atoms with Gasteiger partial charge in [0.2, 0.25) is 0 Å². The third-order valence-corrected chi connectivity index (χ3v) is 3.39. The lowest BCUT2D eigenvalue weighted by atomic mass is 10.0. The van der Waals surface area contributed by atoms with Crippen molar-refractivity contribution in [3.05, 3.63) is 28.2 Å². The van der Waals surface area contributed by atoms with E-state index in [-0.39, 0.29) is 11.9 Å². The zero-order valence-corrected chi connectivity index (χ0v) is 12.5. The van der Waals surface area contributed by atoms with Gasteiger partial charge in [-0.25, -0.2) is 0 Å². The molecule has 1 atom stereocenters. The lowest BCUT2D eigenvalue weighted by Gasteiger charge is -2.21. The fraction of sp³-hybridized carbons (Fsp3) is 0.462. The van der Waals surface area contributed by atoms with Crippen LogP contribution >= 0.6 is 15.9 Å².